The average Bonchev–Trinajstić information content (AvgIpc) is 2.38. The Morgan fingerprint density at radius 2 is 1.95 bits per heavy atom. The highest BCUT2D eigenvalue weighted by Gasteiger charge is 2.41. The van der Waals surface area contributed by atoms with Gasteiger partial charge in [0.2, 0.25) is 0 Å². The molecule has 8 heteroatoms. The number of aromatic nitrogens is 1. The molecule has 0 aliphatic heterocycles. The molecular formula is C11H15F4N3O. The number of nitrogens with zero attached hydrogens (tertiary/aromatic N) is 1. The Morgan fingerprint density at radius 1 is 1.32 bits per heavy atom. The van der Waals surface area contributed by atoms with Crippen molar-refractivity contribution in [3.05, 3.63) is 30.1 Å². The number of hydrogen-bond acceptors (Lipinski definition) is 4. The zero-order valence-corrected chi connectivity index (χ0v) is 10.0. The standard InChI is InChI=1S/C11H15F4N3O/c12-10(13)11(14,15)7-19-6-9(18-16)5-8-1-3-17-4-2-8/h1-4,9-10,18H,5-7,16H2. The van der Waals surface area contributed by atoms with Crippen molar-refractivity contribution in [2.75, 3.05) is 13.2 Å². The summed E-state index contributed by atoms with van der Waals surface area (Å²) in [6.07, 6.45) is -0.167. The zero-order valence-electron chi connectivity index (χ0n) is 10.0. The van der Waals surface area contributed by atoms with E-state index in [1.807, 2.05) is 0 Å². The van der Waals surface area contributed by atoms with Gasteiger partial charge in [0.25, 0.3) is 0 Å². The average molecular weight is 281 g/mol. The molecule has 1 rings (SSSR count). The molecule has 1 aromatic heterocycles. The van der Waals surface area contributed by atoms with Crippen molar-refractivity contribution < 1.29 is 22.3 Å². The lowest BCUT2D eigenvalue weighted by molar-refractivity contribution is -0.167. The van der Waals surface area contributed by atoms with Crippen LogP contribution in [0.5, 0.6) is 0 Å². The van der Waals surface area contributed by atoms with Crippen LogP contribution in [0.2, 0.25) is 0 Å². The van der Waals surface area contributed by atoms with Crippen molar-refractivity contribution in [2.24, 2.45) is 5.84 Å². The van der Waals surface area contributed by atoms with Crippen LogP contribution in [0.15, 0.2) is 24.5 Å². The molecule has 4 nitrogen and oxygen atoms in total. The third-order valence-corrected chi connectivity index (χ3v) is 2.40. The fourth-order valence-electron chi connectivity index (χ4n) is 1.37. The van der Waals surface area contributed by atoms with Crippen LogP contribution in [0.25, 0.3) is 0 Å². The Kier molecular flexibility index (Phi) is 6.13. The SMILES string of the molecule is NNC(COCC(F)(F)C(F)F)Cc1ccncc1. The second-order valence-electron chi connectivity index (χ2n) is 4.00. The van der Waals surface area contributed by atoms with Crippen molar-refractivity contribution in [3.63, 3.8) is 0 Å². The molecule has 1 heterocycles. The molecule has 0 aromatic carbocycles. The van der Waals surface area contributed by atoms with Crippen molar-refractivity contribution in [3.8, 4) is 0 Å². The summed E-state index contributed by atoms with van der Waals surface area (Å²) in [7, 11) is 0. The van der Waals surface area contributed by atoms with Gasteiger partial charge in [0.05, 0.1) is 6.61 Å². The minimum atomic E-state index is -4.14. The number of halogens is 4. The number of alkyl halides is 4. The van der Waals surface area contributed by atoms with Crippen LogP contribution in [-0.4, -0.2) is 36.6 Å². The Bertz CT molecular complexity index is 364. The second-order valence-corrected chi connectivity index (χ2v) is 4.00. The van der Waals surface area contributed by atoms with Crippen LogP contribution in [-0.2, 0) is 11.2 Å². The van der Waals surface area contributed by atoms with Crippen LogP contribution >= 0.6 is 0 Å². The van der Waals surface area contributed by atoms with Crippen LogP contribution in [0, 0.1) is 0 Å². The summed E-state index contributed by atoms with van der Waals surface area (Å²) in [5.74, 6) is 1.11. The Hall–Kier alpha value is -1.25. The van der Waals surface area contributed by atoms with E-state index >= 15 is 0 Å². The molecule has 0 spiro atoms. The monoisotopic (exact) mass is 281 g/mol. The minimum Gasteiger partial charge on any atom is -0.373 e. The third kappa shape index (κ3) is 5.50. The lowest BCUT2D eigenvalue weighted by atomic mass is 10.1. The molecule has 0 aliphatic carbocycles. The summed E-state index contributed by atoms with van der Waals surface area (Å²) in [5.41, 5.74) is 3.27. The summed E-state index contributed by atoms with van der Waals surface area (Å²) in [6, 6.07) is 3.02. The van der Waals surface area contributed by atoms with Gasteiger partial charge in [-0.2, -0.15) is 8.78 Å². The third-order valence-electron chi connectivity index (χ3n) is 2.40. The van der Waals surface area contributed by atoms with Crippen LogP contribution in [0.4, 0.5) is 17.6 Å². The highest BCUT2D eigenvalue weighted by atomic mass is 19.3. The maximum Gasteiger partial charge on any atom is 0.330 e. The second kappa shape index (κ2) is 7.37. The van der Waals surface area contributed by atoms with E-state index in [0.717, 1.165) is 5.56 Å². The van der Waals surface area contributed by atoms with Crippen molar-refractivity contribution in [2.45, 2.75) is 24.8 Å². The quantitative estimate of drug-likeness (QED) is 0.429. The van der Waals surface area contributed by atoms with Gasteiger partial charge < -0.3 is 4.74 Å². The van der Waals surface area contributed by atoms with Crippen LogP contribution in [0.3, 0.4) is 0 Å². The van der Waals surface area contributed by atoms with Crippen LogP contribution < -0.4 is 11.3 Å². The van der Waals surface area contributed by atoms with E-state index in [2.05, 4.69) is 15.1 Å². The highest BCUT2D eigenvalue weighted by Crippen LogP contribution is 2.22. The first kappa shape index (κ1) is 15.8. The Balaban J connectivity index is 2.38. The summed E-state index contributed by atoms with van der Waals surface area (Å²) < 4.78 is 53.6. The van der Waals surface area contributed by atoms with E-state index in [4.69, 9.17) is 5.84 Å². The molecule has 0 bridgehead atoms. The summed E-state index contributed by atoms with van der Waals surface area (Å²) in [4.78, 5) is 3.83. The molecule has 3 N–H and O–H groups in total. The van der Waals surface area contributed by atoms with Gasteiger partial charge in [0.15, 0.2) is 0 Å². The first-order chi connectivity index (χ1) is 8.95. The fraction of sp³-hybridized carbons (Fsp3) is 0.545. The topological polar surface area (TPSA) is 60.2 Å². The molecule has 0 fully saturated rings. The smallest absolute Gasteiger partial charge is 0.330 e. The summed E-state index contributed by atoms with van der Waals surface area (Å²) in [5, 5.41) is 0. The number of ether oxygens (including phenoxy) is 1. The Labute approximate surface area is 107 Å². The van der Waals surface area contributed by atoms with E-state index < -0.39 is 25.0 Å². The molecule has 0 radical (unpaired) electrons. The first-order valence-corrected chi connectivity index (χ1v) is 5.54. The number of hydrazine groups is 1. The lowest BCUT2D eigenvalue weighted by Crippen LogP contribution is -2.42. The maximum atomic E-state index is 12.6. The number of nitrogens with two attached hydrogens (primary N) is 1. The molecule has 19 heavy (non-hydrogen) atoms. The zero-order chi connectivity index (χ0) is 14.3. The highest BCUT2D eigenvalue weighted by molar-refractivity contribution is 5.11. The molecule has 0 saturated heterocycles. The summed E-state index contributed by atoms with van der Waals surface area (Å²) >= 11 is 0. The largest absolute Gasteiger partial charge is 0.373 e. The van der Waals surface area contributed by atoms with Gasteiger partial charge in [-0.15, -0.1) is 0 Å². The number of rotatable bonds is 8. The van der Waals surface area contributed by atoms with Crippen molar-refractivity contribution >= 4 is 0 Å². The molecular weight excluding hydrogens is 266 g/mol. The molecule has 1 aromatic rings. The minimum absolute atomic E-state index is 0.193. The van der Waals surface area contributed by atoms with Crippen molar-refractivity contribution in [1.82, 2.24) is 10.4 Å². The number of nitrogens with one attached hydrogen (secondary N) is 1. The Morgan fingerprint density at radius 3 is 2.47 bits per heavy atom. The maximum absolute atomic E-state index is 12.6. The summed E-state index contributed by atoms with van der Waals surface area (Å²) in [6.45, 7) is -1.53. The van der Waals surface area contributed by atoms with Crippen LogP contribution in [0.1, 0.15) is 5.56 Å². The molecule has 0 aliphatic rings. The van der Waals surface area contributed by atoms with Gasteiger partial charge in [-0.05, 0) is 24.1 Å². The number of pyridine rings is 1. The predicted octanol–water partition coefficient (Wildman–Crippen LogP) is 1.37. The fourth-order valence-corrected chi connectivity index (χ4v) is 1.37. The van der Waals surface area contributed by atoms with E-state index in [0.29, 0.717) is 6.42 Å². The van der Waals surface area contributed by atoms with E-state index in [1.54, 1.807) is 24.5 Å². The normalized spacial score (nSPS) is 13.8. The molecule has 0 saturated carbocycles. The molecule has 0 amide bonds. The first-order valence-electron chi connectivity index (χ1n) is 5.54. The van der Waals surface area contributed by atoms with Gasteiger partial charge in [-0.3, -0.25) is 16.3 Å². The molecule has 108 valence electrons. The van der Waals surface area contributed by atoms with E-state index in [-0.39, 0.29) is 6.61 Å². The molecule has 1 unspecified atom stereocenters. The van der Waals surface area contributed by atoms with Gasteiger partial charge in [0, 0.05) is 18.4 Å². The van der Waals surface area contributed by atoms with Gasteiger partial charge in [0.1, 0.15) is 6.61 Å². The van der Waals surface area contributed by atoms with Gasteiger partial charge >= 0.3 is 12.3 Å². The van der Waals surface area contributed by atoms with E-state index in [9.17, 15) is 17.6 Å². The molecule has 1 atom stereocenters. The van der Waals surface area contributed by atoms with Gasteiger partial charge in [-0.1, -0.05) is 0 Å². The van der Waals surface area contributed by atoms with E-state index in [1.165, 1.54) is 0 Å². The lowest BCUT2D eigenvalue weighted by Gasteiger charge is -2.19. The van der Waals surface area contributed by atoms with Crippen molar-refractivity contribution in [1.29, 1.82) is 0 Å². The number of hydrogen-bond donors (Lipinski definition) is 2. The predicted molar refractivity (Wildman–Crippen MR) is 60.8 cm³/mol. The van der Waals surface area contributed by atoms with Gasteiger partial charge in [-0.25, -0.2) is 8.78 Å².